The van der Waals surface area contributed by atoms with E-state index in [0.29, 0.717) is 11.6 Å². The Labute approximate surface area is 151 Å². The maximum absolute atomic E-state index is 12.6. The van der Waals surface area contributed by atoms with Crippen LogP contribution >= 0.6 is 0 Å². The third kappa shape index (κ3) is 3.42. The highest BCUT2D eigenvalue weighted by molar-refractivity contribution is 5.95. The number of rotatable bonds is 4. The summed E-state index contributed by atoms with van der Waals surface area (Å²) in [5.41, 5.74) is 4.44. The topological polar surface area (TPSA) is 74.8 Å². The zero-order chi connectivity index (χ0) is 18.1. The van der Waals surface area contributed by atoms with Crippen LogP contribution in [0.15, 0.2) is 65.5 Å². The Hall–Kier alpha value is -3.21. The number of hydrogen-bond donors (Lipinski definition) is 2. The largest absolute Gasteiger partial charge is 0.326 e. The molecule has 1 heterocycles. The van der Waals surface area contributed by atoms with Crippen molar-refractivity contribution < 1.29 is 4.79 Å². The molecule has 2 aromatic carbocycles. The molecule has 0 bridgehead atoms. The first-order valence-corrected chi connectivity index (χ1v) is 8.64. The number of nitrogens with one attached hydrogen (secondary N) is 2. The lowest BCUT2D eigenvalue weighted by Gasteiger charge is -2.07. The van der Waals surface area contributed by atoms with E-state index in [4.69, 9.17) is 0 Å². The summed E-state index contributed by atoms with van der Waals surface area (Å²) in [5, 5.41) is 9.45. The number of anilines is 1. The number of benzene rings is 2. The average Bonchev–Trinajstić information content (AvgIpc) is 3.44. The molecule has 0 saturated heterocycles. The number of hydrogen-bond acceptors (Lipinski definition) is 3. The second kappa shape index (κ2) is 6.59. The Morgan fingerprint density at radius 3 is 2.73 bits per heavy atom. The Bertz CT molecular complexity index is 1010. The summed E-state index contributed by atoms with van der Waals surface area (Å²) in [6, 6.07) is 18.9. The molecule has 4 rings (SSSR count). The van der Waals surface area contributed by atoms with Gasteiger partial charge in [0.1, 0.15) is 0 Å². The summed E-state index contributed by atoms with van der Waals surface area (Å²) in [7, 11) is 0. The molecule has 1 aromatic heterocycles. The second-order valence-electron chi connectivity index (χ2n) is 6.74. The molecule has 2 N–H and O–H groups in total. The van der Waals surface area contributed by atoms with Crippen LogP contribution in [0.1, 0.15) is 23.5 Å². The van der Waals surface area contributed by atoms with Crippen molar-refractivity contribution in [2.75, 3.05) is 5.32 Å². The lowest BCUT2D eigenvalue weighted by Crippen LogP contribution is -2.14. The molecule has 3 aromatic rings. The molecule has 0 radical (unpaired) electrons. The number of aromatic amines is 1. The number of aromatic nitrogens is 2. The van der Waals surface area contributed by atoms with Gasteiger partial charge in [-0.2, -0.15) is 5.10 Å². The molecular weight excluding hydrogens is 326 g/mol. The minimum absolute atomic E-state index is 0.0201. The second-order valence-corrected chi connectivity index (χ2v) is 6.74. The van der Waals surface area contributed by atoms with Gasteiger partial charge in [-0.3, -0.25) is 9.59 Å². The maximum atomic E-state index is 12.6. The van der Waals surface area contributed by atoms with Crippen LogP contribution in [-0.2, 0) is 4.79 Å². The Kier molecular flexibility index (Phi) is 4.13. The zero-order valence-corrected chi connectivity index (χ0v) is 14.4. The summed E-state index contributed by atoms with van der Waals surface area (Å²) in [4.78, 5) is 23.7. The van der Waals surface area contributed by atoms with E-state index < -0.39 is 0 Å². The molecule has 1 aliphatic rings. The average molecular weight is 345 g/mol. The zero-order valence-electron chi connectivity index (χ0n) is 14.4. The van der Waals surface area contributed by atoms with Gasteiger partial charge in [0.25, 0.3) is 5.56 Å². The van der Waals surface area contributed by atoms with Crippen LogP contribution in [0.4, 0.5) is 5.69 Å². The van der Waals surface area contributed by atoms with Crippen molar-refractivity contribution in [1.29, 1.82) is 0 Å². The number of aryl methyl sites for hydroxylation is 1. The van der Waals surface area contributed by atoms with Crippen molar-refractivity contribution in [1.82, 2.24) is 10.2 Å². The van der Waals surface area contributed by atoms with Crippen LogP contribution in [0.5, 0.6) is 0 Å². The van der Waals surface area contributed by atoms with Crippen molar-refractivity contribution in [2.24, 2.45) is 5.92 Å². The van der Waals surface area contributed by atoms with Crippen LogP contribution in [-0.4, -0.2) is 16.1 Å². The van der Waals surface area contributed by atoms with E-state index in [-0.39, 0.29) is 17.4 Å². The van der Waals surface area contributed by atoms with Crippen molar-refractivity contribution in [3.63, 3.8) is 0 Å². The van der Waals surface area contributed by atoms with E-state index in [2.05, 4.69) is 40.6 Å². The normalized spacial score (nSPS) is 18.3. The lowest BCUT2D eigenvalue weighted by molar-refractivity contribution is -0.117. The Morgan fingerprint density at radius 1 is 1.12 bits per heavy atom. The van der Waals surface area contributed by atoms with E-state index in [9.17, 15) is 9.59 Å². The first-order valence-electron chi connectivity index (χ1n) is 8.64. The fourth-order valence-electron chi connectivity index (χ4n) is 3.25. The molecule has 5 heteroatoms. The van der Waals surface area contributed by atoms with Crippen LogP contribution in [0.2, 0.25) is 0 Å². The molecule has 2 unspecified atom stereocenters. The summed E-state index contributed by atoms with van der Waals surface area (Å²) in [5.74, 6) is 0.369. The Morgan fingerprint density at radius 2 is 1.96 bits per heavy atom. The molecular formula is C21H19N3O2. The Balaban J connectivity index is 1.46. The highest BCUT2D eigenvalue weighted by Gasteiger charge is 2.43. The third-order valence-electron chi connectivity index (χ3n) is 4.70. The van der Waals surface area contributed by atoms with E-state index in [1.807, 2.05) is 30.3 Å². The van der Waals surface area contributed by atoms with Crippen molar-refractivity contribution in [3.8, 4) is 11.3 Å². The molecule has 0 aliphatic heterocycles. The predicted molar refractivity (Wildman–Crippen MR) is 101 cm³/mol. The number of carbonyl (C=O) groups is 1. The first kappa shape index (κ1) is 16.3. The van der Waals surface area contributed by atoms with Gasteiger partial charge in [0.2, 0.25) is 5.91 Å². The number of H-pyrrole nitrogens is 1. The molecule has 5 nitrogen and oxygen atoms in total. The monoisotopic (exact) mass is 345 g/mol. The third-order valence-corrected chi connectivity index (χ3v) is 4.70. The predicted octanol–water partition coefficient (Wildman–Crippen LogP) is 3.49. The summed E-state index contributed by atoms with van der Waals surface area (Å²) >= 11 is 0. The highest BCUT2D eigenvalue weighted by Crippen LogP contribution is 2.48. The minimum atomic E-state index is -0.242. The number of nitrogens with zero attached hydrogens (tertiary/aromatic N) is 1. The van der Waals surface area contributed by atoms with Crippen LogP contribution in [0.3, 0.4) is 0 Å². The van der Waals surface area contributed by atoms with Crippen LogP contribution < -0.4 is 10.9 Å². The fourth-order valence-corrected chi connectivity index (χ4v) is 3.25. The summed E-state index contributed by atoms with van der Waals surface area (Å²) in [6.45, 7) is 2.07. The van der Waals surface area contributed by atoms with Gasteiger partial charge in [-0.1, -0.05) is 42.0 Å². The summed E-state index contributed by atoms with van der Waals surface area (Å²) < 4.78 is 0. The van der Waals surface area contributed by atoms with Crippen LogP contribution in [0, 0.1) is 12.8 Å². The molecule has 1 aliphatic carbocycles. The fraction of sp³-hybridized carbons (Fsp3) is 0.190. The molecule has 1 saturated carbocycles. The number of carbonyl (C=O) groups excluding carboxylic acids is 1. The van der Waals surface area contributed by atoms with Gasteiger partial charge < -0.3 is 5.32 Å². The van der Waals surface area contributed by atoms with E-state index in [1.165, 1.54) is 17.2 Å². The molecule has 1 fully saturated rings. The molecule has 0 spiro atoms. The van der Waals surface area contributed by atoms with Gasteiger partial charge >= 0.3 is 0 Å². The van der Waals surface area contributed by atoms with Gasteiger partial charge in [-0.15, -0.1) is 0 Å². The quantitative estimate of drug-likeness (QED) is 0.760. The van der Waals surface area contributed by atoms with E-state index >= 15 is 0 Å². The van der Waals surface area contributed by atoms with E-state index in [0.717, 1.165) is 17.7 Å². The number of amides is 1. The van der Waals surface area contributed by atoms with Gasteiger partial charge in [-0.25, -0.2) is 5.10 Å². The molecule has 1 amide bonds. The van der Waals surface area contributed by atoms with Crippen LogP contribution in [0.25, 0.3) is 11.3 Å². The van der Waals surface area contributed by atoms with Crippen molar-refractivity contribution in [3.05, 3.63) is 82.1 Å². The molecule has 130 valence electrons. The SMILES string of the molecule is Cc1cccc(C2CC2C(=O)Nc2cccc(-c3ccc(=O)[nH]n3)c2)c1. The van der Waals surface area contributed by atoms with E-state index in [1.54, 1.807) is 6.07 Å². The smallest absolute Gasteiger partial charge is 0.264 e. The standard InChI is InChI=1S/C21H19N3O2/c1-13-4-2-5-14(10-13)17-12-18(17)21(26)22-16-7-3-6-15(11-16)19-8-9-20(25)24-23-19/h2-11,17-18H,12H2,1H3,(H,22,26)(H,24,25). The summed E-state index contributed by atoms with van der Waals surface area (Å²) in [6.07, 6.45) is 0.885. The van der Waals surface area contributed by atoms with Gasteiger partial charge in [0, 0.05) is 23.2 Å². The van der Waals surface area contributed by atoms with Crippen molar-refractivity contribution in [2.45, 2.75) is 19.3 Å². The van der Waals surface area contributed by atoms with Gasteiger partial charge in [-0.05, 0) is 43.0 Å². The molecule has 26 heavy (non-hydrogen) atoms. The van der Waals surface area contributed by atoms with Gasteiger partial charge in [0.15, 0.2) is 0 Å². The molecule has 2 atom stereocenters. The van der Waals surface area contributed by atoms with Gasteiger partial charge in [0.05, 0.1) is 5.69 Å². The van der Waals surface area contributed by atoms with Crippen molar-refractivity contribution >= 4 is 11.6 Å². The minimum Gasteiger partial charge on any atom is -0.326 e. The highest BCUT2D eigenvalue weighted by atomic mass is 16.2. The first-order chi connectivity index (χ1) is 12.6. The maximum Gasteiger partial charge on any atom is 0.264 e. The lowest BCUT2D eigenvalue weighted by atomic mass is 10.1.